The van der Waals surface area contributed by atoms with E-state index in [0.29, 0.717) is 17.5 Å². The van der Waals surface area contributed by atoms with Gasteiger partial charge in [0.25, 0.3) is 5.91 Å². The van der Waals surface area contributed by atoms with Crippen molar-refractivity contribution in [2.75, 3.05) is 13.2 Å². The second kappa shape index (κ2) is 7.58. The van der Waals surface area contributed by atoms with Crippen LogP contribution in [0.4, 0.5) is 0 Å². The number of hydrogen-bond donors (Lipinski definition) is 1. The van der Waals surface area contributed by atoms with Gasteiger partial charge < -0.3 is 14.5 Å². The van der Waals surface area contributed by atoms with Gasteiger partial charge in [-0.05, 0) is 25.5 Å². The smallest absolute Gasteiger partial charge is 0.374 e. The lowest BCUT2D eigenvalue weighted by Gasteiger charge is -2.06. The second-order valence-electron chi connectivity index (χ2n) is 5.25. The standard InChI is InChI=1S/C17H19NO5/c1-3-4-7-18-16(20)10-22-17(21)15-9-13(19)12-8-11(2)5-6-14(12)23-15/h5-6,8-9H,3-4,7,10H2,1-2H3,(H,18,20). The van der Waals surface area contributed by atoms with E-state index in [2.05, 4.69) is 5.32 Å². The maximum absolute atomic E-state index is 12.0. The van der Waals surface area contributed by atoms with Crippen LogP contribution in [0.3, 0.4) is 0 Å². The summed E-state index contributed by atoms with van der Waals surface area (Å²) >= 11 is 0. The van der Waals surface area contributed by atoms with Crippen molar-refractivity contribution in [1.82, 2.24) is 5.32 Å². The van der Waals surface area contributed by atoms with Gasteiger partial charge in [-0.3, -0.25) is 9.59 Å². The monoisotopic (exact) mass is 317 g/mol. The summed E-state index contributed by atoms with van der Waals surface area (Å²) in [5, 5.41) is 3.03. The summed E-state index contributed by atoms with van der Waals surface area (Å²) in [7, 11) is 0. The summed E-state index contributed by atoms with van der Waals surface area (Å²) in [6.45, 7) is 4.00. The van der Waals surface area contributed by atoms with Crippen LogP contribution in [-0.4, -0.2) is 25.0 Å². The number of unbranched alkanes of at least 4 members (excludes halogenated alkanes) is 1. The fraction of sp³-hybridized carbons (Fsp3) is 0.353. The Bertz CT molecular complexity index is 778. The molecule has 0 bridgehead atoms. The maximum atomic E-state index is 12.0. The van der Waals surface area contributed by atoms with Gasteiger partial charge in [0, 0.05) is 12.6 Å². The van der Waals surface area contributed by atoms with E-state index in [1.165, 1.54) is 0 Å². The van der Waals surface area contributed by atoms with Crippen LogP contribution in [0.15, 0.2) is 33.5 Å². The lowest BCUT2D eigenvalue weighted by molar-refractivity contribution is -0.124. The molecule has 0 aliphatic carbocycles. The van der Waals surface area contributed by atoms with Gasteiger partial charge in [-0.25, -0.2) is 4.79 Å². The minimum absolute atomic E-state index is 0.215. The van der Waals surface area contributed by atoms with Crippen LogP contribution in [0.25, 0.3) is 11.0 Å². The molecule has 23 heavy (non-hydrogen) atoms. The van der Waals surface area contributed by atoms with Crippen molar-refractivity contribution >= 4 is 22.8 Å². The second-order valence-corrected chi connectivity index (χ2v) is 5.25. The summed E-state index contributed by atoms with van der Waals surface area (Å²) in [6.07, 6.45) is 1.82. The first-order valence-corrected chi connectivity index (χ1v) is 7.49. The van der Waals surface area contributed by atoms with Gasteiger partial charge in [0.05, 0.1) is 5.39 Å². The number of amides is 1. The third kappa shape index (κ3) is 4.42. The molecule has 6 heteroatoms. The first-order valence-electron chi connectivity index (χ1n) is 7.49. The van der Waals surface area contributed by atoms with Crippen LogP contribution in [0, 0.1) is 6.92 Å². The predicted molar refractivity (Wildman–Crippen MR) is 85.4 cm³/mol. The van der Waals surface area contributed by atoms with E-state index < -0.39 is 12.6 Å². The van der Waals surface area contributed by atoms with Gasteiger partial charge >= 0.3 is 5.97 Å². The van der Waals surface area contributed by atoms with Gasteiger partial charge in [-0.1, -0.05) is 25.0 Å². The summed E-state index contributed by atoms with van der Waals surface area (Å²) in [5.74, 6) is -1.44. The Morgan fingerprint density at radius 2 is 2.04 bits per heavy atom. The zero-order valence-electron chi connectivity index (χ0n) is 13.2. The number of rotatable bonds is 6. The minimum atomic E-state index is -0.838. The fourth-order valence-corrected chi connectivity index (χ4v) is 2.03. The zero-order valence-corrected chi connectivity index (χ0v) is 13.2. The molecule has 0 radical (unpaired) electrons. The number of carbonyl (C=O) groups is 2. The van der Waals surface area contributed by atoms with Crippen LogP contribution in [0.5, 0.6) is 0 Å². The average molecular weight is 317 g/mol. The summed E-state index contributed by atoms with van der Waals surface area (Å²) in [5.41, 5.74) is 0.903. The van der Waals surface area contributed by atoms with E-state index in [4.69, 9.17) is 9.15 Å². The van der Waals surface area contributed by atoms with Gasteiger partial charge in [-0.2, -0.15) is 0 Å². The van der Waals surface area contributed by atoms with Crippen molar-refractivity contribution in [3.63, 3.8) is 0 Å². The third-order valence-corrected chi connectivity index (χ3v) is 3.27. The molecule has 2 aromatic rings. The molecule has 1 heterocycles. The number of ether oxygens (including phenoxy) is 1. The highest BCUT2D eigenvalue weighted by Gasteiger charge is 2.15. The number of hydrogen-bond acceptors (Lipinski definition) is 5. The summed E-state index contributed by atoms with van der Waals surface area (Å²) in [4.78, 5) is 35.4. The molecule has 1 N–H and O–H groups in total. The number of nitrogens with one attached hydrogen (secondary N) is 1. The molecule has 0 saturated heterocycles. The normalized spacial score (nSPS) is 10.5. The summed E-state index contributed by atoms with van der Waals surface area (Å²) in [6, 6.07) is 6.18. The first-order chi connectivity index (χ1) is 11.0. The molecule has 0 saturated carbocycles. The Morgan fingerprint density at radius 3 is 2.78 bits per heavy atom. The Hall–Kier alpha value is -2.63. The quantitative estimate of drug-likeness (QED) is 0.652. The predicted octanol–water partition coefficient (Wildman–Crippen LogP) is 2.17. The van der Waals surface area contributed by atoms with Crippen molar-refractivity contribution in [2.24, 2.45) is 0 Å². The molecule has 2 rings (SSSR count). The largest absolute Gasteiger partial charge is 0.450 e. The van der Waals surface area contributed by atoms with Crippen molar-refractivity contribution in [3.8, 4) is 0 Å². The van der Waals surface area contributed by atoms with Crippen LogP contribution in [0.2, 0.25) is 0 Å². The third-order valence-electron chi connectivity index (χ3n) is 3.27. The molecule has 0 aliphatic heterocycles. The number of aryl methyl sites for hydroxylation is 1. The molecule has 0 aliphatic rings. The molecule has 0 spiro atoms. The Labute approximate surface area is 133 Å². The molecule has 0 fully saturated rings. The van der Waals surface area contributed by atoms with Crippen molar-refractivity contribution < 1.29 is 18.7 Å². The van der Waals surface area contributed by atoms with Crippen LogP contribution < -0.4 is 10.7 Å². The lowest BCUT2D eigenvalue weighted by Crippen LogP contribution is -2.29. The molecule has 122 valence electrons. The Kier molecular flexibility index (Phi) is 5.51. The maximum Gasteiger partial charge on any atom is 0.374 e. The van der Waals surface area contributed by atoms with Crippen LogP contribution >= 0.6 is 0 Å². The molecular formula is C17H19NO5. The first kappa shape index (κ1) is 16.7. The van der Waals surface area contributed by atoms with Crippen molar-refractivity contribution in [2.45, 2.75) is 26.7 Å². The topological polar surface area (TPSA) is 85.6 Å². The van der Waals surface area contributed by atoms with E-state index in [9.17, 15) is 14.4 Å². The van der Waals surface area contributed by atoms with Crippen molar-refractivity contribution in [1.29, 1.82) is 0 Å². The molecule has 1 amide bonds. The van der Waals surface area contributed by atoms with Gasteiger partial charge in [0.15, 0.2) is 12.0 Å². The number of esters is 1. The molecule has 1 aromatic heterocycles. The lowest BCUT2D eigenvalue weighted by atomic mass is 10.1. The highest BCUT2D eigenvalue weighted by Crippen LogP contribution is 2.14. The van der Waals surface area contributed by atoms with Gasteiger partial charge in [-0.15, -0.1) is 0 Å². The summed E-state index contributed by atoms with van der Waals surface area (Å²) < 4.78 is 10.2. The van der Waals surface area contributed by atoms with Gasteiger partial charge in [0.2, 0.25) is 5.76 Å². The Morgan fingerprint density at radius 1 is 1.26 bits per heavy atom. The average Bonchev–Trinajstić information content (AvgIpc) is 2.53. The molecule has 0 unspecified atom stereocenters. The number of fused-ring (bicyclic) bond motifs is 1. The van der Waals surface area contributed by atoms with E-state index >= 15 is 0 Å². The molecule has 0 atom stereocenters. The fourth-order valence-electron chi connectivity index (χ4n) is 2.03. The van der Waals surface area contributed by atoms with E-state index in [-0.39, 0.29) is 17.1 Å². The van der Waals surface area contributed by atoms with E-state index in [0.717, 1.165) is 24.5 Å². The van der Waals surface area contributed by atoms with Crippen LogP contribution in [0.1, 0.15) is 35.9 Å². The van der Waals surface area contributed by atoms with E-state index in [1.54, 1.807) is 18.2 Å². The highest BCUT2D eigenvalue weighted by molar-refractivity contribution is 5.90. The van der Waals surface area contributed by atoms with E-state index in [1.807, 2.05) is 13.8 Å². The Balaban J connectivity index is 2.05. The molecule has 1 aromatic carbocycles. The zero-order chi connectivity index (χ0) is 16.8. The number of benzene rings is 1. The molecular weight excluding hydrogens is 298 g/mol. The SMILES string of the molecule is CCCCNC(=O)COC(=O)c1cc(=O)c2cc(C)ccc2o1. The number of carbonyl (C=O) groups excluding carboxylic acids is 2. The van der Waals surface area contributed by atoms with Crippen molar-refractivity contribution in [3.05, 3.63) is 45.8 Å². The highest BCUT2D eigenvalue weighted by atomic mass is 16.5. The minimum Gasteiger partial charge on any atom is -0.450 e. The van der Waals surface area contributed by atoms with Crippen LogP contribution in [-0.2, 0) is 9.53 Å². The van der Waals surface area contributed by atoms with Gasteiger partial charge in [0.1, 0.15) is 5.58 Å². The molecule has 6 nitrogen and oxygen atoms in total.